The number of hydrogen-bond acceptors (Lipinski definition) is 5. The molecule has 0 radical (unpaired) electrons. The van der Waals surface area contributed by atoms with Crippen molar-refractivity contribution < 1.29 is 22.7 Å². The summed E-state index contributed by atoms with van der Waals surface area (Å²) < 4.78 is 28.2. The zero-order valence-corrected chi connectivity index (χ0v) is 14.6. The Labute approximate surface area is 141 Å². The Bertz CT molecular complexity index is 755. The number of nitrogens with zero attached hydrogens (tertiary/aromatic N) is 1. The Hall–Kier alpha value is -2.13. The van der Waals surface area contributed by atoms with Gasteiger partial charge in [-0.25, -0.2) is 18.4 Å². The Kier molecular flexibility index (Phi) is 4.86. The van der Waals surface area contributed by atoms with Gasteiger partial charge in [-0.15, -0.1) is 0 Å². The normalized spacial score (nSPS) is 18.6. The molecular formula is C15H21N3O5S. The summed E-state index contributed by atoms with van der Waals surface area (Å²) in [5.41, 5.74) is 0.0935. The van der Waals surface area contributed by atoms with Crippen molar-refractivity contribution in [1.82, 2.24) is 0 Å². The number of hydrogen-bond donors (Lipinski definition) is 2. The van der Waals surface area contributed by atoms with Gasteiger partial charge in [-0.1, -0.05) is 12.1 Å². The fraction of sp³-hybridized carbons (Fsp3) is 0.467. The van der Waals surface area contributed by atoms with Gasteiger partial charge in [0.25, 0.3) is 0 Å². The van der Waals surface area contributed by atoms with E-state index in [9.17, 15) is 18.0 Å². The van der Waals surface area contributed by atoms with E-state index in [0.717, 1.165) is 0 Å². The highest BCUT2D eigenvalue weighted by Gasteiger charge is 2.38. The van der Waals surface area contributed by atoms with E-state index in [-0.39, 0.29) is 18.9 Å². The van der Waals surface area contributed by atoms with Gasteiger partial charge in [0.2, 0.25) is 15.9 Å². The third-order valence-electron chi connectivity index (χ3n) is 3.38. The molecule has 132 valence electrons. The van der Waals surface area contributed by atoms with E-state index in [2.05, 4.69) is 5.32 Å². The molecule has 1 unspecified atom stereocenters. The highest BCUT2D eigenvalue weighted by molar-refractivity contribution is 7.89. The van der Waals surface area contributed by atoms with Gasteiger partial charge in [0, 0.05) is 13.0 Å². The molecule has 9 heteroatoms. The van der Waals surface area contributed by atoms with E-state index < -0.39 is 27.0 Å². The van der Waals surface area contributed by atoms with Crippen molar-refractivity contribution in [3.8, 4) is 0 Å². The summed E-state index contributed by atoms with van der Waals surface area (Å²) in [6.07, 6.45) is -0.843. The smallest absolute Gasteiger partial charge is 0.412 e. The molecule has 1 heterocycles. The summed E-state index contributed by atoms with van der Waals surface area (Å²) in [4.78, 5) is 25.4. The molecule has 1 aliphatic heterocycles. The molecule has 0 spiro atoms. The number of benzene rings is 1. The molecule has 1 saturated heterocycles. The molecule has 0 bridgehead atoms. The fourth-order valence-corrected chi connectivity index (χ4v) is 3.09. The third-order valence-corrected chi connectivity index (χ3v) is 4.63. The Morgan fingerprint density at radius 3 is 2.50 bits per heavy atom. The van der Waals surface area contributed by atoms with E-state index >= 15 is 0 Å². The summed E-state index contributed by atoms with van der Waals surface area (Å²) in [5.74, 6) is -0.368. The predicted molar refractivity (Wildman–Crippen MR) is 90.2 cm³/mol. The minimum Gasteiger partial charge on any atom is -0.444 e. The average Bonchev–Trinajstić information content (AvgIpc) is 2.79. The Morgan fingerprint density at radius 1 is 1.33 bits per heavy atom. The molecule has 0 saturated carbocycles. The number of anilines is 2. The van der Waals surface area contributed by atoms with E-state index in [4.69, 9.17) is 9.88 Å². The molecule has 1 aromatic rings. The number of primary sulfonamides is 1. The highest BCUT2D eigenvalue weighted by Crippen LogP contribution is 2.31. The van der Waals surface area contributed by atoms with Crippen molar-refractivity contribution >= 4 is 33.4 Å². The van der Waals surface area contributed by atoms with E-state index in [1.54, 1.807) is 45.0 Å². The zero-order valence-electron chi connectivity index (χ0n) is 13.8. The number of rotatable bonds is 3. The number of amides is 2. The minimum absolute atomic E-state index is 0.0509. The second-order valence-electron chi connectivity index (χ2n) is 6.56. The van der Waals surface area contributed by atoms with Crippen LogP contribution in [-0.2, 0) is 19.6 Å². The van der Waals surface area contributed by atoms with Crippen molar-refractivity contribution in [2.24, 2.45) is 5.14 Å². The average molecular weight is 355 g/mol. The quantitative estimate of drug-likeness (QED) is 0.850. The standard InChI is InChI=1S/C15H21N3O5S/c1-15(2,3)23-14(20)17-11-6-4-5-7-12(11)18-9-10(8-13(18)19)24(16,21)22/h4-7,10H,8-9H2,1-3H3,(H,17,20)(H2,16,21,22). The SMILES string of the molecule is CC(C)(C)OC(=O)Nc1ccccc1N1CC(S(N)(=O)=O)CC1=O. The number of carbonyl (C=O) groups excluding carboxylic acids is 2. The van der Waals surface area contributed by atoms with Crippen LogP contribution in [0, 0.1) is 0 Å². The molecule has 8 nitrogen and oxygen atoms in total. The molecule has 3 N–H and O–H groups in total. The topological polar surface area (TPSA) is 119 Å². The summed E-state index contributed by atoms with van der Waals surface area (Å²) in [6, 6.07) is 6.61. The van der Waals surface area contributed by atoms with E-state index in [1.165, 1.54) is 4.90 Å². The van der Waals surface area contributed by atoms with E-state index in [0.29, 0.717) is 11.4 Å². The third kappa shape index (κ3) is 4.45. The van der Waals surface area contributed by atoms with Crippen LogP contribution in [0.1, 0.15) is 27.2 Å². The number of para-hydroxylation sites is 2. The molecule has 0 aliphatic carbocycles. The van der Waals surface area contributed by atoms with Crippen molar-refractivity contribution in [3.63, 3.8) is 0 Å². The van der Waals surface area contributed by atoms with Crippen LogP contribution in [0.3, 0.4) is 0 Å². The molecule has 1 aliphatic rings. The summed E-state index contributed by atoms with van der Waals surface area (Å²) in [6.45, 7) is 5.15. The first-order valence-corrected chi connectivity index (χ1v) is 8.99. The van der Waals surface area contributed by atoms with Crippen LogP contribution >= 0.6 is 0 Å². The molecule has 2 amide bonds. The lowest BCUT2D eigenvalue weighted by Crippen LogP contribution is -2.33. The second kappa shape index (κ2) is 6.40. The number of carbonyl (C=O) groups is 2. The molecule has 1 aromatic carbocycles. The van der Waals surface area contributed by atoms with Crippen LogP contribution in [0.4, 0.5) is 16.2 Å². The van der Waals surface area contributed by atoms with Gasteiger partial charge in [-0.3, -0.25) is 10.1 Å². The van der Waals surface area contributed by atoms with Crippen LogP contribution in [0.5, 0.6) is 0 Å². The van der Waals surface area contributed by atoms with Crippen LogP contribution in [0.25, 0.3) is 0 Å². The van der Waals surface area contributed by atoms with Gasteiger partial charge in [0.1, 0.15) is 10.9 Å². The first-order valence-electron chi connectivity index (χ1n) is 7.38. The van der Waals surface area contributed by atoms with Gasteiger partial charge in [-0.05, 0) is 32.9 Å². The van der Waals surface area contributed by atoms with Crippen molar-refractivity contribution in [1.29, 1.82) is 0 Å². The highest BCUT2D eigenvalue weighted by atomic mass is 32.2. The van der Waals surface area contributed by atoms with Gasteiger partial charge >= 0.3 is 6.09 Å². The maximum atomic E-state index is 12.2. The molecule has 24 heavy (non-hydrogen) atoms. The monoisotopic (exact) mass is 355 g/mol. The molecule has 2 rings (SSSR count). The summed E-state index contributed by atoms with van der Waals surface area (Å²) in [7, 11) is -3.81. The number of nitrogens with two attached hydrogens (primary N) is 1. The van der Waals surface area contributed by atoms with Gasteiger partial charge in [0.15, 0.2) is 0 Å². The first kappa shape index (κ1) is 18.2. The van der Waals surface area contributed by atoms with Crippen molar-refractivity contribution in [3.05, 3.63) is 24.3 Å². The summed E-state index contributed by atoms with van der Waals surface area (Å²) in [5, 5.41) is 6.76. The van der Waals surface area contributed by atoms with Gasteiger partial charge < -0.3 is 9.64 Å². The number of ether oxygens (including phenoxy) is 1. The fourth-order valence-electron chi connectivity index (χ4n) is 2.36. The zero-order chi connectivity index (χ0) is 18.1. The predicted octanol–water partition coefficient (Wildman–Crippen LogP) is 1.43. The van der Waals surface area contributed by atoms with Crippen molar-refractivity contribution in [2.45, 2.75) is 38.0 Å². The van der Waals surface area contributed by atoms with Crippen LogP contribution in [0.15, 0.2) is 24.3 Å². The van der Waals surface area contributed by atoms with Crippen molar-refractivity contribution in [2.75, 3.05) is 16.8 Å². The summed E-state index contributed by atoms with van der Waals surface area (Å²) >= 11 is 0. The minimum atomic E-state index is -3.81. The van der Waals surface area contributed by atoms with Gasteiger partial charge in [0.05, 0.1) is 11.4 Å². The largest absolute Gasteiger partial charge is 0.444 e. The molecular weight excluding hydrogens is 334 g/mol. The molecule has 1 fully saturated rings. The van der Waals surface area contributed by atoms with Crippen LogP contribution < -0.4 is 15.4 Å². The van der Waals surface area contributed by atoms with Crippen LogP contribution in [-0.4, -0.2) is 37.8 Å². The Balaban J connectivity index is 2.23. The Morgan fingerprint density at radius 2 is 1.96 bits per heavy atom. The molecule has 0 aromatic heterocycles. The first-order chi connectivity index (χ1) is 11.0. The number of nitrogens with one attached hydrogen (secondary N) is 1. The second-order valence-corrected chi connectivity index (χ2v) is 8.41. The van der Waals surface area contributed by atoms with Gasteiger partial charge in [-0.2, -0.15) is 0 Å². The number of sulfonamides is 1. The molecule has 1 atom stereocenters. The maximum Gasteiger partial charge on any atom is 0.412 e. The van der Waals surface area contributed by atoms with Crippen LogP contribution in [0.2, 0.25) is 0 Å². The lowest BCUT2D eigenvalue weighted by molar-refractivity contribution is -0.117. The lowest BCUT2D eigenvalue weighted by Gasteiger charge is -2.23. The van der Waals surface area contributed by atoms with E-state index in [1.807, 2.05) is 0 Å². The lowest BCUT2D eigenvalue weighted by atomic mass is 10.2. The maximum absolute atomic E-state index is 12.2.